The van der Waals surface area contributed by atoms with Crippen LogP contribution in [-0.4, -0.2) is 54.6 Å². The van der Waals surface area contributed by atoms with Gasteiger partial charge in [0.25, 0.3) is 0 Å². The molecule has 1 fully saturated rings. The molecule has 0 spiro atoms. The molecule has 1 saturated heterocycles. The zero-order valence-corrected chi connectivity index (χ0v) is 19.1. The van der Waals surface area contributed by atoms with Crippen molar-refractivity contribution in [2.45, 2.75) is 44.1 Å². The van der Waals surface area contributed by atoms with Crippen molar-refractivity contribution in [1.82, 2.24) is 4.90 Å². The fourth-order valence-electron chi connectivity index (χ4n) is 4.41. The average molecular weight is 448 g/mol. The third kappa shape index (κ3) is 6.28. The van der Waals surface area contributed by atoms with Crippen LogP contribution in [0.4, 0.5) is 0 Å². The normalized spacial score (nSPS) is 23.1. The molecule has 0 bridgehead atoms. The van der Waals surface area contributed by atoms with Gasteiger partial charge in [-0.1, -0.05) is 91.0 Å². The van der Waals surface area contributed by atoms with E-state index in [4.69, 9.17) is 14.2 Å². The molecular formula is C28H33NO4. The Labute approximate surface area is 196 Å². The van der Waals surface area contributed by atoms with Crippen LogP contribution in [0.5, 0.6) is 0 Å². The highest BCUT2D eigenvalue weighted by Crippen LogP contribution is 2.30. The molecular weight excluding hydrogens is 414 g/mol. The van der Waals surface area contributed by atoms with Crippen LogP contribution in [0.1, 0.15) is 16.7 Å². The number of hydrogen-bond donors (Lipinski definition) is 1. The van der Waals surface area contributed by atoms with Gasteiger partial charge in [-0.25, -0.2) is 0 Å². The summed E-state index contributed by atoms with van der Waals surface area (Å²) >= 11 is 0. The van der Waals surface area contributed by atoms with Crippen molar-refractivity contribution in [2.75, 3.05) is 20.3 Å². The van der Waals surface area contributed by atoms with E-state index in [1.165, 1.54) is 0 Å². The molecule has 1 N–H and O–H groups in total. The van der Waals surface area contributed by atoms with E-state index in [0.717, 1.165) is 16.7 Å². The second-order valence-corrected chi connectivity index (χ2v) is 8.51. The largest absolute Gasteiger partial charge is 0.395 e. The molecule has 0 aliphatic carbocycles. The molecule has 3 aromatic rings. The Morgan fingerprint density at radius 2 is 1.06 bits per heavy atom. The van der Waals surface area contributed by atoms with Gasteiger partial charge in [0, 0.05) is 0 Å². The molecule has 0 unspecified atom stereocenters. The van der Waals surface area contributed by atoms with Crippen LogP contribution in [0, 0.1) is 0 Å². The lowest BCUT2D eigenvalue weighted by Gasteiger charge is -2.26. The summed E-state index contributed by atoms with van der Waals surface area (Å²) in [5, 5.41) is 10.2. The molecule has 33 heavy (non-hydrogen) atoms. The van der Waals surface area contributed by atoms with Gasteiger partial charge < -0.3 is 19.3 Å². The number of benzene rings is 3. The van der Waals surface area contributed by atoms with Crippen molar-refractivity contribution >= 4 is 0 Å². The molecule has 5 nitrogen and oxygen atoms in total. The minimum absolute atomic E-state index is 0.00363. The Bertz CT molecular complexity index is 938. The molecule has 0 aromatic heterocycles. The Balaban J connectivity index is 1.47. The molecule has 1 aliphatic rings. The average Bonchev–Trinajstić information content (AvgIpc) is 3.13. The van der Waals surface area contributed by atoms with E-state index in [1.807, 2.05) is 73.8 Å². The van der Waals surface area contributed by atoms with Crippen molar-refractivity contribution in [3.05, 3.63) is 108 Å². The van der Waals surface area contributed by atoms with Crippen LogP contribution in [-0.2, 0) is 34.0 Å². The van der Waals surface area contributed by atoms with Crippen molar-refractivity contribution < 1.29 is 19.3 Å². The fraction of sp³-hybridized carbons (Fsp3) is 0.357. The number of aliphatic hydroxyl groups is 1. The topological polar surface area (TPSA) is 51.2 Å². The van der Waals surface area contributed by atoms with E-state index in [9.17, 15) is 5.11 Å². The molecule has 1 aliphatic heterocycles. The van der Waals surface area contributed by atoms with Gasteiger partial charge in [0.1, 0.15) is 12.2 Å². The van der Waals surface area contributed by atoms with Gasteiger partial charge in [-0.3, -0.25) is 4.90 Å². The number of hydrogen-bond acceptors (Lipinski definition) is 5. The van der Waals surface area contributed by atoms with Gasteiger partial charge in [-0.05, 0) is 23.7 Å². The van der Waals surface area contributed by atoms with Crippen molar-refractivity contribution in [3.8, 4) is 0 Å². The number of likely N-dealkylation sites (N-methyl/N-ethyl adjacent to an activating group) is 1. The molecule has 4 rings (SSSR count). The first kappa shape index (κ1) is 23.6. The van der Waals surface area contributed by atoms with E-state index in [0.29, 0.717) is 26.4 Å². The van der Waals surface area contributed by atoms with E-state index in [2.05, 4.69) is 29.2 Å². The molecule has 174 valence electrons. The summed E-state index contributed by atoms with van der Waals surface area (Å²) in [5.41, 5.74) is 3.34. The van der Waals surface area contributed by atoms with Crippen LogP contribution < -0.4 is 0 Å². The van der Waals surface area contributed by atoms with Crippen molar-refractivity contribution in [3.63, 3.8) is 0 Å². The van der Waals surface area contributed by atoms with Gasteiger partial charge in [0.2, 0.25) is 0 Å². The minimum Gasteiger partial charge on any atom is -0.395 e. The molecule has 0 saturated carbocycles. The standard InChI is InChI=1S/C28H33NO4/c1-29-25(17-30)27(32-19-23-13-7-3-8-14-23)28(33-20-24-15-9-4-10-16-24)26(29)21-31-18-22-11-5-2-6-12-22/h2-16,25-28,30H,17-21H2,1H3/t25-,26+,27+,28+/m0/s1. The Morgan fingerprint density at radius 3 is 1.52 bits per heavy atom. The number of aliphatic hydroxyl groups excluding tert-OH is 1. The second kappa shape index (κ2) is 12.1. The smallest absolute Gasteiger partial charge is 0.103 e. The van der Waals surface area contributed by atoms with Gasteiger partial charge in [0.15, 0.2) is 0 Å². The van der Waals surface area contributed by atoms with Gasteiger partial charge >= 0.3 is 0 Å². The highest BCUT2D eigenvalue weighted by molar-refractivity contribution is 5.16. The minimum atomic E-state index is -0.269. The van der Waals surface area contributed by atoms with Crippen molar-refractivity contribution in [1.29, 1.82) is 0 Å². The zero-order chi connectivity index (χ0) is 22.9. The molecule has 1 heterocycles. The maximum Gasteiger partial charge on any atom is 0.103 e. The third-order valence-corrected chi connectivity index (χ3v) is 6.29. The second-order valence-electron chi connectivity index (χ2n) is 8.51. The van der Waals surface area contributed by atoms with Gasteiger partial charge in [-0.2, -0.15) is 0 Å². The van der Waals surface area contributed by atoms with Crippen LogP contribution in [0.3, 0.4) is 0 Å². The summed E-state index contributed by atoms with van der Waals surface area (Å²) in [6.45, 7) is 1.98. The van der Waals surface area contributed by atoms with E-state index in [-0.39, 0.29) is 30.9 Å². The lowest BCUT2D eigenvalue weighted by Crippen LogP contribution is -2.40. The highest BCUT2D eigenvalue weighted by Gasteiger charge is 2.48. The summed E-state index contributed by atoms with van der Waals surface area (Å²) < 4.78 is 18.9. The number of likely N-dealkylation sites (tertiary alicyclic amines) is 1. The molecule has 3 aromatic carbocycles. The number of ether oxygens (including phenoxy) is 3. The van der Waals surface area contributed by atoms with Gasteiger partial charge in [0.05, 0.1) is 45.1 Å². The Morgan fingerprint density at radius 1 is 0.636 bits per heavy atom. The molecule has 4 atom stereocenters. The monoisotopic (exact) mass is 447 g/mol. The lowest BCUT2D eigenvalue weighted by molar-refractivity contribution is -0.0888. The first-order valence-electron chi connectivity index (χ1n) is 11.5. The summed E-state index contributed by atoms with van der Waals surface area (Å²) in [5.74, 6) is 0. The SMILES string of the molecule is CN1[C@H](COCc2ccccc2)[C@@H](OCc2ccccc2)[C@H](OCc2ccccc2)[C@@H]1CO. The predicted octanol–water partition coefficient (Wildman–Crippen LogP) is 4.05. The number of rotatable bonds is 11. The van der Waals surface area contributed by atoms with Crippen LogP contribution >= 0.6 is 0 Å². The Hall–Kier alpha value is -2.54. The summed E-state index contributed by atoms with van der Waals surface area (Å²) in [6, 6.07) is 30.2. The van der Waals surface area contributed by atoms with E-state index in [1.54, 1.807) is 0 Å². The van der Waals surface area contributed by atoms with Crippen LogP contribution in [0.25, 0.3) is 0 Å². The summed E-state index contributed by atoms with van der Waals surface area (Å²) in [7, 11) is 2.02. The quantitative estimate of drug-likeness (QED) is 0.481. The first-order valence-corrected chi connectivity index (χ1v) is 11.5. The Kier molecular flexibility index (Phi) is 8.64. The zero-order valence-electron chi connectivity index (χ0n) is 19.1. The maximum atomic E-state index is 10.2. The van der Waals surface area contributed by atoms with E-state index >= 15 is 0 Å². The maximum absolute atomic E-state index is 10.2. The summed E-state index contributed by atoms with van der Waals surface area (Å²) in [6.07, 6.45) is -0.499. The summed E-state index contributed by atoms with van der Waals surface area (Å²) in [4.78, 5) is 2.15. The van der Waals surface area contributed by atoms with Crippen LogP contribution in [0.15, 0.2) is 91.0 Å². The van der Waals surface area contributed by atoms with E-state index < -0.39 is 0 Å². The predicted molar refractivity (Wildman–Crippen MR) is 129 cm³/mol. The lowest BCUT2D eigenvalue weighted by atomic mass is 10.1. The van der Waals surface area contributed by atoms with Crippen molar-refractivity contribution in [2.24, 2.45) is 0 Å². The third-order valence-electron chi connectivity index (χ3n) is 6.29. The highest BCUT2D eigenvalue weighted by atomic mass is 16.5. The fourth-order valence-corrected chi connectivity index (χ4v) is 4.41. The molecule has 5 heteroatoms. The first-order chi connectivity index (χ1) is 16.3. The number of nitrogens with zero attached hydrogens (tertiary/aromatic N) is 1. The van der Waals surface area contributed by atoms with Crippen LogP contribution in [0.2, 0.25) is 0 Å². The molecule has 0 radical (unpaired) electrons. The molecule has 0 amide bonds. The van der Waals surface area contributed by atoms with Gasteiger partial charge in [-0.15, -0.1) is 0 Å².